The monoisotopic (exact) mass is 593 g/mol. The van der Waals surface area contributed by atoms with Gasteiger partial charge in [-0.3, -0.25) is 0 Å². The minimum absolute atomic E-state index is 0.215. The van der Waals surface area contributed by atoms with E-state index >= 15 is 0 Å². The van der Waals surface area contributed by atoms with E-state index in [1.807, 2.05) is 37.3 Å². The summed E-state index contributed by atoms with van der Waals surface area (Å²) < 4.78 is 17.9. The number of rotatable bonds is 6. The van der Waals surface area contributed by atoms with Crippen LogP contribution in [-0.4, -0.2) is 19.0 Å². The summed E-state index contributed by atoms with van der Waals surface area (Å²) in [6.45, 7) is 2.29. The first-order valence-corrected chi connectivity index (χ1v) is 11.7. The number of halogens is 3. The molecule has 0 atom stereocenters. The molecule has 168 valence electrons. The first-order chi connectivity index (χ1) is 15.8. The molecule has 0 unspecified atom stereocenters. The molecule has 3 aromatic carbocycles. The van der Waals surface area contributed by atoms with Gasteiger partial charge in [0, 0.05) is 9.13 Å². The molecule has 0 spiro atoms. The van der Waals surface area contributed by atoms with Gasteiger partial charge in [-0.25, -0.2) is 9.79 Å². The molecular formula is C25H18Cl2INO4. The van der Waals surface area contributed by atoms with Crippen molar-refractivity contribution in [3.05, 3.63) is 96.2 Å². The smallest absolute Gasteiger partial charge is 0.363 e. The van der Waals surface area contributed by atoms with E-state index in [4.69, 9.17) is 37.4 Å². The summed E-state index contributed by atoms with van der Waals surface area (Å²) in [5, 5.41) is 0.958. The van der Waals surface area contributed by atoms with Crippen molar-refractivity contribution in [2.45, 2.75) is 13.5 Å². The van der Waals surface area contributed by atoms with Crippen molar-refractivity contribution in [1.82, 2.24) is 0 Å². The Hall–Kier alpha value is -2.55. The summed E-state index contributed by atoms with van der Waals surface area (Å²) in [5.74, 6) is 0.867. The van der Waals surface area contributed by atoms with E-state index in [2.05, 4.69) is 27.6 Å². The number of hydrogen-bond acceptors (Lipinski definition) is 5. The quantitative estimate of drug-likeness (QED) is 0.178. The van der Waals surface area contributed by atoms with Crippen LogP contribution in [0.25, 0.3) is 6.08 Å². The first kappa shape index (κ1) is 23.6. The number of esters is 1. The second kappa shape index (κ2) is 10.2. The summed E-state index contributed by atoms with van der Waals surface area (Å²) in [6.07, 6.45) is 1.65. The molecule has 1 aliphatic heterocycles. The van der Waals surface area contributed by atoms with Gasteiger partial charge in [0.05, 0.1) is 17.2 Å². The van der Waals surface area contributed by atoms with Crippen molar-refractivity contribution in [3.63, 3.8) is 0 Å². The molecule has 5 nitrogen and oxygen atoms in total. The zero-order valence-corrected chi connectivity index (χ0v) is 21.4. The van der Waals surface area contributed by atoms with Crippen molar-refractivity contribution in [3.8, 4) is 11.5 Å². The Bertz CT molecular complexity index is 1300. The Morgan fingerprint density at radius 1 is 1.03 bits per heavy atom. The number of cyclic esters (lactones) is 1. The number of carbonyl (C=O) groups is 1. The van der Waals surface area contributed by atoms with Gasteiger partial charge in [-0.1, -0.05) is 35.3 Å². The Morgan fingerprint density at radius 2 is 1.85 bits per heavy atom. The number of benzene rings is 3. The van der Waals surface area contributed by atoms with Gasteiger partial charge in [0.15, 0.2) is 17.2 Å². The second-order valence-corrected chi connectivity index (χ2v) is 9.22. The van der Waals surface area contributed by atoms with Gasteiger partial charge in [0.25, 0.3) is 0 Å². The summed E-state index contributed by atoms with van der Waals surface area (Å²) in [4.78, 5) is 16.7. The van der Waals surface area contributed by atoms with E-state index in [9.17, 15) is 4.79 Å². The predicted molar refractivity (Wildman–Crippen MR) is 138 cm³/mol. The molecule has 0 aliphatic carbocycles. The molecule has 0 fully saturated rings. The van der Waals surface area contributed by atoms with Crippen LogP contribution in [0.2, 0.25) is 10.0 Å². The Morgan fingerprint density at radius 3 is 2.58 bits per heavy atom. The van der Waals surface area contributed by atoms with Gasteiger partial charge in [0.1, 0.15) is 6.61 Å². The zero-order chi connectivity index (χ0) is 23.5. The fourth-order valence-electron chi connectivity index (χ4n) is 3.15. The van der Waals surface area contributed by atoms with E-state index in [1.54, 1.807) is 37.5 Å². The molecule has 1 aliphatic rings. The van der Waals surface area contributed by atoms with Crippen molar-refractivity contribution < 1.29 is 19.0 Å². The Balaban J connectivity index is 1.54. The third kappa shape index (κ3) is 5.51. The molecule has 4 rings (SSSR count). The van der Waals surface area contributed by atoms with Crippen LogP contribution in [0, 0.1) is 10.5 Å². The molecule has 8 heteroatoms. The maximum absolute atomic E-state index is 12.4. The van der Waals surface area contributed by atoms with Crippen LogP contribution in [0.4, 0.5) is 0 Å². The standard InChI is InChI=1S/C25H18Cl2INO4/c1-14-9-17(5-7-20(14)28)24-29-21(25(30)33-24)11-15-4-8-22(23(12-15)31-2)32-13-16-3-6-18(26)19(27)10-16/h3-12H,13H2,1-2H3/b21-11-. The summed E-state index contributed by atoms with van der Waals surface area (Å²) in [7, 11) is 1.55. The number of nitrogens with zero attached hydrogens (tertiary/aromatic N) is 1. The molecule has 3 aromatic rings. The molecule has 0 saturated heterocycles. The molecule has 0 aromatic heterocycles. The highest BCUT2D eigenvalue weighted by Crippen LogP contribution is 2.31. The highest BCUT2D eigenvalue weighted by Gasteiger charge is 2.24. The fourth-order valence-corrected chi connectivity index (χ4v) is 3.81. The number of aliphatic imine (C=N–C) groups is 1. The average Bonchev–Trinajstić information content (AvgIpc) is 3.17. The maximum atomic E-state index is 12.4. The Kier molecular flexibility index (Phi) is 7.26. The molecule has 0 N–H and O–H groups in total. The topological polar surface area (TPSA) is 57.1 Å². The molecule has 1 heterocycles. The van der Waals surface area contributed by atoms with Crippen LogP contribution in [-0.2, 0) is 16.1 Å². The zero-order valence-electron chi connectivity index (χ0n) is 17.7. The van der Waals surface area contributed by atoms with Gasteiger partial charge in [-0.05, 0) is 94.7 Å². The van der Waals surface area contributed by atoms with Gasteiger partial charge in [-0.2, -0.15) is 0 Å². The third-order valence-corrected chi connectivity index (χ3v) is 6.84. The summed E-state index contributed by atoms with van der Waals surface area (Å²) in [5.41, 5.74) is 3.66. The maximum Gasteiger partial charge on any atom is 0.363 e. The minimum atomic E-state index is -0.500. The number of ether oxygens (including phenoxy) is 3. The fraction of sp³-hybridized carbons (Fsp3) is 0.120. The number of carbonyl (C=O) groups excluding carboxylic acids is 1. The number of hydrogen-bond donors (Lipinski definition) is 0. The van der Waals surface area contributed by atoms with E-state index in [0.717, 1.165) is 25.8 Å². The van der Waals surface area contributed by atoms with Crippen molar-refractivity contribution in [1.29, 1.82) is 0 Å². The van der Waals surface area contributed by atoms with Crippen LogP contribution < -0.4 is 9.47 Å². The lowest BCUT2D eigenvalue weighted by atomic mass is 10.1. The third-order valence-electron chi connectivity index (χ3n) is 4.89. The van der Waals surface area contributed by atoms with Gasteiger partial charge in [0.2, 0.25) is 5.90 Å². The van der Waals surface area contributed by atoms with Gasteiger partial charge >= 0.3 is 5.97 Å². The van der Waals surface area contributed by atoms with Crippen molar-refractivity contribution in [2.24, 2.45) is 4.99 Å². The van der Waals surface area contributed by atoms with Crippen molar-refractivity contribution >= 4 is 63.7 Å². The van der Waals surface area contributed by atoms with Gasteiger partial charge in [-0.15, -0.1) is 0 Å². The van der Waals surface area contributed by atoms with E-state index in [1.165, 1.54) is 0 Å². The Labute approximate surface area is 215 Å². The van der Waals surface area contributed by atoms with Gasteiger partial charge < -0.3 is 14.2 Å². The lowest BCUT2D eigenvalue weighted by molar-refractivity contribution is -0.129. The van der Waals surface area contributed by atoms with E-state index < -0.39 is 5.97 Å². The minimum Gasteiger partial charge on any atom is -0.493 e. The number of methoxy groups -OCH3 is 1. The highest BCUT2D eigenvalue weighted by atomic mass is 127. The van der Waals surface area contributed by atoms with Crippen molar-refractivity contribution in [2.75, 3.05) is 7.11 Å². The molecule has 0 amide bonds. The SMILES string of the molecule is COc1cc(/C=C2\N=C(c3ccc(I)c(C)c3)OC2=O)ccc1OCc1ccc(Cl)c(Cl)c1. The average molecular weight is 594 g/mol. The van der Waals surface area contributed by atoms with Crippen LogP contribution in [0.3, 0.4) is 0 Å². The molecular weight excluding hydrogens is 576 g/mol. The van der Waals surface area contributed by atoms with Crippen LogP contribution in [0.15, 0.2) is 65.3 Å². The summed E-state index contributed by atoms with van der Waals surface area (Å²) in [6, 6.07) is 16.5. The lowest BCUT2D eigenvalue weighted by Crippen LogP contribution is -2.05. The highest BCUT2D eigenvalue weighted by molar-refractivity contribution is 14.1. The normalized spacial score (nSPS) is 14.3. The van der Waals surface area contributed by atoms with Crippen LogP contribution in [0.1, 0.15) is 22.3 Å². The molecule has 0 saturated carbocycles. The predicted octanol–water partition coefficient (Wildman–Crippen LogP) is 6.84. The molecule has 33 heavy (non-hydrogen) atoms. The van der Waals surface area contributed by atoms with E-state index in [-0.39, 0.29) is 5.70 Å². The number of aryl methyl sites for hydroxylation is 1. The summed E-state index contributed by atoms with van der Waals surface area (Å²) >= 11 is 14.3. The van der Waals surface area contributed by atoms with Crippen LogP contribution in [0.5, 0.6) is 11.5 Å². The van der Waals surface area contributed by atoms with E-state index in [0.29, 0.717) is 34.0 Å². The first-order valence-electron chi connectivity index (χ1n) is 9.88. The molecule has 0 bridgehead atoms. The molecule has 0 radical (unpaired) electrons. The second-order valence-electron chi connectivity index (χ2n) is 7.25. The lowest BCUT2D eigenvalue weighted by Gasteiger charge is -2.12. The largest absolute Gasteiger partial charge is 0.493 e. The van der Waals surface area contributed by atoms with Crippen LogP contribution >= 0.6 is 45.8 Å².